The van der Waals surface area contributed by atoms with E-state index in [0.717, 1.165) is 11.1 Å². The van der Waals surface area contributed by atoms with E-state index < -0.39 is 22.8 Å². The van der Waals surface area contributed by atoms with Gasteiger partial charge in [0, 0.05) is 12.1 Å². The average molecular weight is 387 g/mol. The summed E-state index contributed by atoms with van der Waals surface area (Å²) in [7, 11) is 0. The Labute approximate surface area is 161 Å². The van der Waals surface area contributed by atoms with Crippen molar-refractivity contribution in [2.75, 3.05) is 6.61 Å². The predicted octanol–water partition coefficient (Wildman–Crippen LogP) is 2.21. The lowest BCUT2D eigenvalue weighted by molar-refractivity contribution is -0.384. The van der Waals surface area contributed by atoms with E-state index in [0.29, 0.717) is 11.5 Å². The number of hydrogen-bond acceptors (Lipinski definition) is 6. The second kappa shape index (κ2) is 9.36. The Morgan fingerprint density at radius 1 is 1.04 bits per heavy atom. The van der Waals surface area contributed by atoms with Gasteiger partial charge in [0.05, 0.1) is 4.92 Å². The van der Waals surface area contributed by atoms with Crippen molar-refractivity contribution in [3.63, 3.8) is 0 Å². The minimum Gasteiger partial charge on any atom is -0.484 e. The van der Waals surface area contributed by atoms with Gasteiger partial charge >= 0.3 is 0 Å². The van der Waals surface area contributed by atoms with Crippen molar-refractivity contribution in [1.29, 1.82) is 0 Å². The Bertz CT molecular complexity index is 866. The predicted molar refractivity (Wildman–Crippen MR) is 101 cm³/mol. The number of aryl methyl sites for hydroxylation is 2. The monoisotopic (exact) mass is 387 g/mol. The SMILES string of the molecule is Cc1ccc(OC(C)C(=O)NNC(=O)COc2ccc([N+](=O)[O-])cc2)cc1C. The van der Waals surface area contributed by atoms with Crippen LogP contribution in [0.5, 0.6) is 11.5 Å². The van der Waals surface area contributed by atoms with Crippen LogP contribution in [0.2, 0.25) is 0 Å². The van der Waals surface area contributed by atoms with Gasteiger partial charge in [-0.05, 0) is 56.2 Å². The Balaban J connectivity index is 1.75. The molecular formula is C19H21N3O6. The molecule has 0 aliphatic carbocycles. The molecule has 1 atom stereocenters. The molecule has 2 rings (SSSR count). The number of nitrogens with zero attached hydrogens (tertiary/aromatic N) is 1. The summed E-state index contributed by atoms with van der Waals surface area (Å²) in [5, 5.41) is 10.6. The van der Waals surface area contributed by atoms with Crippen molar-refractivity contribution in [1.82, 2.24) is 10.9 Å². The van der Waals surface area contributed by atoms with Crippen LogP contribution in [-0.4, -0.2) is 29.4 Å². The van der Waals surface area contributed by atoms with Crippen LogP contribution < -0.4 is 20.3 Å². The van der Waals surface area contributed by atoms with Crippen LogP contribution >= 0.6 is 0 Å². The standard InChI is InChI=1S/C19H21N3O6/c1-12-4-7-17(10-13(12)2)28-14(3)19(24)21-20-18(23)11-27-16-8-5-15(6-9-16)22(25)26/h4-10,14H,11H2,1-3H3,(H,20,23)(H,21,24). The highest BCUT2D eigenvalue weighted by Gasteiger charge is 2.16. The minimum absolute atomic E-state index is 0.0816. The van der Waals surface area contributed by atoms with Crippen molar-refractivity contribution in [3.8, 4) is 11.5 Å². The quantitative estimate of drug-likeness (QED) is 0.555. The smallest absolute Gasteiger partial charge is 0.279 e. The molecule has 28 heavy (non-hydrogen) atoms. The highest BCUT2D eigenvalue weighted by molar-refractivity contribution is 5.85. The summed E-state index contributed by atoms with van der Waals surface area (Å²) in [6.45, 7) is 5.11. The van der Waals surface area contributed by atoms with Crippen LogP contribution in [0.25, 0.3) is 0 Å². The van der Waals surface area contributed by atoms with E-state index in [2.05, 4.69) is 10.9 Å². The first-order valence-corrected chi connectivity index (χ1v) is 8.46. The molecule has 0 aliphatic heterocycles. The summed E-state index contributed by atoms with van der Waals surface area (Å²) >= 11 is 0. The molecule has 0 aromatic heterocycles. The van der Waals surface area contributed by atoms with Gasteiger partial charge in [-0.1, -0.05) is 6.07 Å². The van der Waals surface area contributed by atoms with Crippen LogP contribution in [0.3, 0.4) is 0 Å². The number of rotatable bonds is 7. The summed E-state index contributed by atoms with van der Waals surface area (Å²) in [5.41, 5.74) is 6.55. The second-order valence-corrected chi connectivity index (χ2v) is 6.08. The Kier molecular flexibility index (Phi) is 6.91. The maximum Gasteiger partial charge on any atom is 0.279 e. The van der Waals surface area contributed by atoms with Crippen LogP contribution in [0, 0.1) is 24.0 Å². The zero-order valence-electron chi connectivity index (χ0n) is 15.7. The molecule has 2 N–H and O–H groups in total. The van der Waals surface area contributed by atoms with Gasteiger partial charge in [-0.2, -0.15) is 0 Å². The largest absolute Gasteiger partial charge is 0.484 e. The first-order chi connectivity index (χ1) is 13.3. The number of non-ortho nitro benzene ring substituents is 1. The van der Waals surface area contributed by atoms with Crippen LogP contribution in [0.4, 0.5) is 5.69 Å². The van der Waals surface area contributed by atoms with Gasteiger partial charge in [-0.3, -0.25) is 30.6 Å². The number of hydrazine groups is 1. The first-order valence-electron chi connectivity index (χ1n) is 8.46. The van der Waals surface area contributed by atoms with Crippen molar-refractivity contribution in [3.05, 3.63) is 63.7 Å². The zero-order valence-corrected chi connectivity index (χ0v) is 15.7. The van der Waals surface area contributed by atoms with Gasteiger partial charge in [0.1, 0.15) is 11.5 Å². The molecular weight excluding hydrogens is 366 g/mol. The molecule has 9 heteroatoms. The van der Waals surface area contributed by atoms with E-state index in [4.69, 9.17) is 9.47 Å². The molecule has 0 bridgehead atoms. The van der Waals surface area contributed by atoms with Gasteiger partial charge in [0.25, 0.3) is 17.5 Å². The number of ether oxygens (including phenoxy) is 2. The van der Waals surface area contributed by atoms with E-state index in [1.807, 2.05) is 26.0 Å². The van der Waals surface area contributed by atoms with Crippen molar-refractivity contribution in [2.24, 2.45) is 0 Å². The molecule has 9 nitrogen and oxygen atoms in total. The fourth-order valence-corrected chi connectivity index (χ4v) is 2.13. The molecule has 2 aromatic rings. The average Bonchev–Trinajstić information content (AvgIpc) is 2.67. The number of nitro groups is 1. The number of nitrogens with one attached hydrogen (secondary N) is 2. The maximum absolute atomic E-state index is 12.0. The van der Waals surface area contributed by atoms with Crippen LogP contribution in [0.1, 0.15) is 18.1 Å². The minimum atomic E-state index is -0.821. The second-order valence-electron chi connectivity index (χ2n) is 6.08. The lowest BCUT2D eigenvalue weighted by atomic mass is 10.1. The number of nitro benzene ring substituents is 1. The van der Waals surface area contributed by atoms with Gasteiger partial charge in [-0.15, -0.1) is 0 Å². The fraction of sp³-hybridized carbons (Fsp3) is 0.263. The Morgan fingerprint density at radius 3 is 2.29 bits per heavy atom. The van der Waals surface area contributed by atoms with E-state index in [1.54, 1.807) is 13.0 Å². The summed E-state index contributed by atoms with van der Waals surface area (Å²) in [6.07, 6.45) is -0.821. The number of amides is 2. The Morgan fingerprint density at radius 2 is 1.68 bits per heavy atom. The third kappa shape index (κ3) is 5.97. The van der Waals surface area contributed by atoms with E-state index in [9.17, 15) is 19.7 Å². The van der Waals surface area contributed by atoms with Crippen LogP contribution in [-0.2, 0) is 9.59 Å². The van der Waals surface area contributed by atoms with E-state index >= 15 is 0 Å². The van der Waals surface area contributed by atoms with Gasteiger partial charge in [0.15, 0.2) is 12.7 Å². The molecule has 0 saturated carbocycles. The fourth-order valence-electron chi connectivity index (χ4n) is 2.13. The maximum atomic E-state index is 12.0. The lowest BCUT2D eigenvalue weighted by Gasteiger charge is -2.16. The molecule has 2 amide bonds. The number of hydrogen-bond donors (Lipinski definition) is 2. The molecule has 0 aliphatic rings. The lowest BCUT2D eigenvalue weighted by Crippen LogP contribution is -2.48. The van der Waals surface area contributed by atoms with Gasteiger partial charge < -0.3 is 9.47 Å². The zero-order chi connectivity index (χ0) is 20.7. The molecule has 0 spiro atoms. The van der Waals surface area contributed by atoms with Crippen molar-refractivity contribution >= 4 is 17.5 Å². The highest BCUT2D eigenvalue weighted by atomic mass is 16.6. The Hall–Kier alpha value is -3.62. The molecule has 0 saturated heterocycles. The molecule has 148 valence electrons. The summed E-state index contributed by atoms with van der Waals surface area (Å²) < 4.78 is 10.8. The third-order valence-corrected chi connectivity index (χ3v) is 3.90. The summed E-state index contributed by atoms with van der Waals surface area (Å²) in [4.78, 5) is 33.8. The van der Waals surface area contributed by atoms with Gasteiger partial charge in [0.2, 0.25) is 0 Å². The third-order valence-electron chi connectivity index (χ3n) is 3.90. The number of benzene rings is 2. The van der Waals surface area contributed by atoms with Crippen molar-refractivity contribution < 1.29 is 24.0 Å². The number of carbonyl (C=O) groups excluding carboxylic acids is 2. The summed E-state index contributed by atoms with van der Waals surface area (Å²) in [5.74, 6) is -0.274. The first kappa shape index (κ1) is 20.7. The molecule has 0 radical (unpaired) electrons. The van der Waals surface area contributed by atoms with Crippen molar-refractivity contribution in [2.45, 2.75) is 26.9 Å². The van der Waals surface area contributed by atoms with E-state index in [-0.39, 0.29) is 12.3 Å². The number of carbonyl (C=O) groups is 2. The molecule has 0 heterocycles. The van der Waals surface area contributed by atoms with Crippen LogP contribution in [0.15, 0.2) is 42.5 Å². The van der Waals surface area contributed by atoms with E-state index in [1.165, 1.54) is 24.3 Å². The molecule has 1 unspecified atom stereocenters. The normalized spacial score (nSPS) is 11.2. The highest BCUT2D eigenvalue weighted by Crippen LogP contribution is 2.18. The summed E-state index contributed by atoms with van der Waals surface area (Å²) in [6, 6.07) is 10.8. The molecule has 0 fully saturated rings. The van der Waals surface area contributed by atoms with Gasteiger partial charge in [-0.25, -0.2) is 0 Å². The molecule has 2 aromatic carbocycles. The topological polar surface area (TPSA) is 120 Å².